The second kappa shape index (κ2) is 6.71. The summed E-state index contributed by atoms with van der Waals surface area (Å²) in [6, 6.07) is 3.41. The Labute approximate surface area is 119 Å². The summed E-state index contributed by atoms with van der Waals surface area (Å²) in [5.41, 5.74) is 0.911. The van der Waals surface area contributed by atoms with Crippen LogP contribution >= 0.6 is 11.8 Å². The second-order valence-corrected chi connectivity index (χ2v) is 6.73. The van der Waals surface area contributed by atoms with Gasteiger partial charge in [0.1, 0.15) is 5.82 Å². The van der Waals surface area contributed by atoms with Gasteiger partial charge in [0.15, 0.2) is 0 Å². The maximum absolute atomic E-state index is 12.9. The summed E-state index contributed by atoms with van der Waals surface area (Å²) in [4.78, 5) is 4.15. The van der Waals surface area contributed by atoms with Gasteiger partial charge in [-0.1, -0.05) is 19.3 Å². The van der Waals surface area contributed by atoms with Gasteiger partial charge in [-0.2, -0.15) is 11.8 Å². The van der Waals surface area contributed by atoms with E-state index in [0.29, 0.717) is 4.75 Å². The molecule has 0 bridgehead atoms. The Morgan fingerprint density at radius 3 is 2.68 bits per heavy atom. The van der Waals surface area contributed by atoms with Crippen molar-refractivity contribution >= 4 is 11.8 Å². The molecule has 1 N–H and O–H groups in total. The van der Waals surface area contributed by atoms with Crippen molar-refractivity contribution in [2.75, 3.05) is 12.8 Å². The molecule has 4 heteroatoms. The lowest BCUT2D eigenvalue weighted by atomic mass is 9.88. The van der Waals surface area contributed by atoms with Gasteiger partial charge in [-0.15, -0.1) is 0 Å². The first-order valence-electron chi connectivity index (χ1n) is 7.05. The molecule has 1 atom stereocenters. The third-order valence-corrected chi connectivity index (χ3v) is 5.54. The van der Waals surface area contributed by atoms with Gasteiger partial charge < -0.3 is 5.32 Å². The van der Waals surface area contributed by atoms with E-state index < -0.39 is 0 Å². The van der Waals surface area contributed by atoms with Crippen LogP contribution in [-0.2, 0) is 0 Å². The van der Waals surface area contributed by atoms with Crippen LogP contribution in [-0.4, -0.2) is 22.5 Å². The minimum atomic E-state index is -0.274. The summed E-state index contributed by atoms with van der Waals surface area (Å²) in [5.74, 6) is -0.274. The standard InChI is InChI=1S/C15H23FN2S/c1-12(14-7-6-13(16)10-17-14)18-11-15(19-2)8-4-3-5-9-15/h6-7,10,12,18H,3-5,8-9,11H2,1-2H3. The molecule has 0 saturated heterocycles. The van der Waals surface area contributed by atoms with E-state index in [-0.39, 0.29) is 11.9 Å². The van der Waals surface area contributed by atoms with Gasteiger partial charge in [-0.25, -0.2) is 4.39 Å². The second-order valence-electron chi connectivity index (χ2n) is 5.45. The smallest absolute Gasteiger partial charge is 0.141 e. The largest absolute Gasteiger partial charge is 0.307 e. The Bertz CT molecular complexity index is 388. The molecule has 1 fully saturated rings. The highest BCUT2D eigenvalue weighted by atomic mass is 32.2. The monoisotopic (exact) mass is 282 g/mol. The topological polar surface area (TPSA) is 24.9 Å². The van der Waals surface area contributed by atoms with Crippen molar-refractivity contribution < 1.29 is 4.39 Å². The number of nitrogens with zero attached hydrogens (tertiary/aromatic N) is 1. The van der Waals surface area contributed by atoms with E-state index >= 15 is 0 Å². The minimum Gasteiger partial charge on any atom is -0.307 e. The molecule has 2 nitrogen and oxygen atoms in total. The first-order chi connectivity index (χ1) is 9.15. The number of pyridine rings is 1. The SMILES string of the molecule is CSC1(CNC(C)c2ccc(F)cn2)CCCCC1. The highest BCUT2D eigenvalue weighted by Gasteiger charge is 2.31. The maximum atomic E-state index is 12.9. The van der Waals surface area contributed by atoms with E-state index in [0.717, 1.165) is 12.2 Å². The minimum absolute atomic E-state index is 0.173. The molecule has 19 heavy (non-hydrogen) atoms. The molecule has 0 amide bonds. The van der Waals surface area contributed by atoms with Crippen LogP contribution in [0.2, 0.25) is 0 Å². The van der Waals surface area contributed by atoms with Crippen molar-refractivity contribution in [3.63, 3.8) is 0 Å². The number of hydrogen-bond donors (Lipinski definition) is 1. The van der Waals surface area contributed by atoms with E-state index in [9.17, 15) is 4.39 Å². The molecule has 0 aromatic carbocycles. The third kappa shape index (κ3) is 3.93. The molecule has 0 radical (unpaired) electrons. The summed E-state index contributed by atoms with van der Waals surface area (Å²) in [6.07, 6.45) is 10.1. The van der Waals surface area contributed by atoms with Gasteiger partial charge in [-0.3, -0.25) is 4.98 Å². The normalized spacial score (nSPS) is 20.2. The predicted octanol–water partition coefficient (Wildman–Crippen LogP) is 3.94. The van der Waals surface area contributed by atoms with Gasteiger partial charge in [0, 0.05) is 17.3 Å². The zero-order chi connectivity index (χ0) is 13.7. The molecular weight excluding hydrogens is 259 g/mol. The van der Waals surface area contributed by atoms with Gasteiger partial charge in [-0.05, 0) is 38.2 Å². The molecular formula is C15H23FN2S. The summed E-state index contributed by atoms with van der Waals surface area (Å²) < 4.78 is 13.2. The fourth-order valence-corrected chi connectivity index (χ4v) is 3.66. The van der Waals surface area contributed by atoms with Gasteiger partial charge in [0.2, 0.25) is 0 Å². The maximum Gasteiger partial charge on any atom is 0.141 e. The fraction of sp³-hybridized carbons (Fsp3) is 0.667. The summed E-state index contributed by atoms with van der Waals surface area (Å²) in [7, 11) is 0. The van der Waals surface area contributed by atoms with E-state index in [2.05, 4.69) is 23.5 Å². The molecule has 106 valence electrons. The average Bonchev–Trinajstić information content (AvgIpc) is 2.46. The summed E-state index contributed by atoms with van der Waals surface area (Å²) >= 11 is 1.99. The van der Waals surface area contributed by atoms with Crippen molar-refractivity contribution in [2.24, 2.45) is 0 Å². The zero-order valence-electron chi connectivity index (χ0n) is 11.8. The van der Waals surface area contributed by atoms with Crippen molar-refractivity contribution in [3.05, 3.63) is 29.8 Å². The molecule has 1 aromatic heterocycles. The van der Waals surface area contributed by atoms with Crippen molar-refractivity contribution in [2.45, 2.75) is 49.8 Å². The van der Waals surface area contributed by atoms with Gasteiger partial charge >= 0.3 is 0 Å². The van der Waals surface area contributed by atoms with E-state index in [1.54, 1.807) is 6.07 Å². The lowest BCUT2D eigenvalue weighted by Crippen LogP contribution is -2.40. The molecule has 1 aliphatic carbocycles. The quantitative estimate of drug-likeness (QED) is 0.885. The van der Waals surface area contributed by atoms with Gasteiger partial charge in [0.05, 0.1) is 11.9 Å². The number of thioether (sulfide) groups is 1. The summed E-state index contributed by atoms with van der Waals surface area (Å²) in [6.45, 7) is 3.10. The number of halogens is 1. The Balaban J connectivity index is 1.91. The molecule has 2 rings (SSSR count). The van der Waals surface area contributed by atoms with Crippen LogP contribution < -0.4 is 5.32 Å². The number of rotatable bonds is 5. The molecule has 0 spiro atoms. The van der Waals surface area contributed by atoms with Crippen LogP contribution in [0.1, 0.15) is 50.8 Å². The lowest BCUT2D eigenvalue weighted by molar-refractivity contribution is 0.366. The van der Waals surface area contributed by atoms with Crippen molar-refractivity contribution in [3.8, 4) is 0 Å². The first kappa shape index (κ1) is 14.8. The Hall–Kier alpha value is -0.610. The van der Waals surface area contributed by atoms with Crippen LogP contribution in [0.4, 0.5) is 4.39 Å². The third-order valence-electron chi connectivity index (χ3n) is 4.12. The van der Waals surface area contributed by atoms with E-state index in [4.69, 9.17) is 0 Å². The Kier molecular flexibility index (Phi) is 5.22. The number of hydrogen-bond acceptors (Lipinski definition) is 3. The number of aromatic nitrogens is 1. The number of nitrogens with one attached hydrogen (secondary N) is 1. The Morgan fingerprint density at radius 1 is 1.37 bits per heavy atom. The molecule has 1 aromatic rings. The Morgan fingerprint density at radius 2 is 2.11 bits per heavy atom. The highest BCUT2D eigenvalue weighted by molar-refractivity contribution is 8.00. The van der Waals surface area contributed by atoms with Crippen molar-refractivity contribution in [1.82, 2.24) is 10.3 Å². The zero-order valence-corrected chi connectivity index (χ0v) is 12.6. The van der Waals surface area contributed by atoms with Crippen LogP contribution in [0.25, 0.3) is 0 Å². The predicted molar refractivity (Wildman–Crippen MR) is 79.9 cm³/mol. The molecule has 1 heterocycles. The first-order valence-corrected chi connectivity index (χ1v) is 8.28. The summed E-state index contributed by atoms with van der Waals surface area (Å²) in [5, 5.41) is 3.57. The van der Waals surface area contributed by atoms with Gasteiger partial charge in [0.25, 0.3) is 0 Å². The van der Waals surface area contributed by atoms with Crippen LogP contribution in [0.15, 0.2) is 18.3 Å². The average molecular weight is 282 g/mol. The molecule has 0 aliphatic heterocycles. The van der Waals surface area contributed by atoms with Crippen LogP contribution in [0, 0.1) is 5.82 Å². The molecule has 1 saturated carbocycles. The molecule has 1 unspecified atom stereocenters. The van der Waals surface area contributed by atoms with Crippen LogP contribution in [0.3, 0.4) is 0 Å². The van der Waals surface area contributed by atoms with E-state index in [1.165, 1.54) is 44.4 Å². The van der Waals surface area contributed by atoms with E-state index in [1.807, 2.05) is 11.8 Å². The van der Waals surface area contributed by atoms with Crippen LogP contribution in [0.5, 0.6) is 0 Å². The van der Waals surface area contributed by atoms with Crippen molar-refractivity contribution in [1.29, 1.82) is 0 Å². The lowest BCUT2D eigenvalue weighted by Gasteiger charge is -2.36. The fourth-order valence-electron chi connectivity index (χ4n) is 2.74. The molecule has 1 aliphatic rings. The highest BCUT2D eigenvalue weighted by Crippen LogP contribution is 2.38.